The van der Waals surface area contributed by atoms with Crippen LogP contribution in [0.3, 0.4) is 0 Å². The Labute approximate surface area is 182 Å². The van der Waals surface area contributed by atoms with E-state index in [0.29, 0.717) is 10.3 Å². The second kappa shape index (κ2) is 9.09. The molecule has 1 heterocycles. The van der Waals surface area contributed by atoms with Crippen molar-refractivity contribution in [2.45, 2.75) is 52.4 Å². The maximum absolute atomic E-state index is 15.2. The van der Waals surface area contributed by atoms with Gasteiger partial charge in [0.15, 0.2) is 16.1 Å². The molecule has 0 unspecified atom stereocenters. The number of hydrogen-bond acceptors (Lipinski definition) is 2. The summed E-state index contributed by atoms with van der Waals surface area (Å²) in [7, 11) is 0. The summed E-state index contributed by atoms with van der Waals surface area (Å²) in [5.41, 5.74) is 4.52. The molecule has 0 spiro atoms. The Morgan fingerprint density at radius 1 is 0.800 bits per heavy atom. The van der Waals surface area contributed by atoms with E-state index in [4.69, 9.17) is 16.6 Å². The third-order valence-corrected chi connectivity index (χ3v) is 6.20. The second-order valence-corrected chi connectivity index (χ2v) is 8.30. The molecule has 30 heavy (non-hydrogen) atoms. The molecule has 0 aliphatic rings. The monoisotopic (exact) mass is 418 g/mol. The number of aryl methyl sites for hydroxylation is 2. The predicted molar refractivity (Wildman–Crippen MR) is 127 cm³/mol. The minimum absolute atomic E-state index is 0.267. The first kappa shape index (κ1) is 20.7. The zero-order valence-corrected chi connectivity index (χ0v) is 18.4. The number of rotatable bonds is 7. The Balaban J connectivity index is 1.76. The molecule has 3 heteroatoms. The smallest absolute Gasteiger partial charge is 0.198 e. The van der Waals surface area contributed by atoms with Gasteiger partial charge in [0.05, 0.1) is 0 Å². The van der Waals surface area contributed by atoms with Crippen molar-refractivity contribution in [1.82, 2.24) is 0 Å². The Bertz CT molecular complexity index is 1240. The molecular weight excluding hydrogens is 391 g/mol. The molecule has 0 radical (unpaired) electrons. The van der Waals surface area contributed by atoms with Crippen LogP contribution in [0.15, 0.2) is 59.0 Å². The van der Waals surface area contributed by atoms with E-state index in [1.807, 2.05) is 18.2 Å². The van der Waals surface area contributed by atoms with E-state index in [0.717, 1.165) is 53.0 Å². The summed E-state index contributed by atoms with van der Waals surface area (Å²) in [5, 5.41) is 2.57. The van der Waals surface area contributed by atoms with Crippen LogP contribution < -0.4 is 0 Å². The van der Waals surface area contributed by atoms with Crippen molar-refractivity contribution in [3.05, 3.63) is 76.2 Å². The zero-order valence-electron chi connectivity index (χ0n) is 17.6. The van der Waals surface area contributed by atoms with Crippen LogP contribution in [0, 0.1) is 10.5 Å². The molecule has 1 aromatic heterocycles. The minimum atomic E-state index is -0.267. The van der Waals surface area contributed by atoms with Crippen molar-refractivity contribution >= 4 is 34.0 Å². The molecule has 0 bridgehead atoms. The molecule has 1 nitrogen and oxygen atoms in total. The molecule has 4 aromatic rings. The molecule has 0 N–H and O–H groups in total. The summed E-state index contributed by atoms with van der Waals surface area (Å²) < 4.78 is 21.3. The number of halogens is 1. The third-order valence-electron chi connectivity index (χ3n) is 5.90. The topological polar surface area (TPSA) is 13.1 Å². The van der Waals surface area contributed by atoms with E-state index < -0.39 is 0 Å². The normalized spacial score (nSPS) is 11.4. The van der Waals surface area contributed by atoms with E-state index in [1.54, 1.807) is 0 Å². The summed E-state index contributed by atoms with van der Waals surface area (Å²) in [6.07, 6.45) is 6.22. The van der Waals surface area contributed by atoms with Crippen molar-refractivity contribution < 1.29 is 8.81 Å². The van der Waals surface area contributed by atoms with Crippen LogP contribution in [0.5, 0.6) is 0 Å². The third kappa shape index (κ3) is 4.04. The lowest BCUT2D eigenvalue weighted by atomic mass is 9.98. The molecule has 0 saturated carbocycles. The molecule has 0 aliphatic heterocycles. The molecule has 0 atom stereocenters. The predicted octanol–water partition coefficient (Wildman–Crippen LogP) is 8.81. The van der Waals surface area contributed by atoms with Crippen LogP contribution in [0.4, 0.5) is 4.39 Å². The first-order valence-electron chi connectivity index (χ1n) is 10.9. The quantitative estimate of drug-likeness (QED) is 0.169. The fraction of sp³-hybridized carbons (Fsp3) is 0.296. The Kier molecular flexibility index (Phi) is 6.29. The number of unbranched alkanes of at least 4 members (excludes halogenated alkanes) is 3. The maximum atomic E-state index is 15.2. The SMILES string of the molecule is CCCCCCc1ccc2c(oc(=S)c3cc(-c4ccc(CC)cc4)ccc32)c1F. The summed E-state index contributed by atoms with van der Waals surface area (Å²) >= 11 is 5.52. The Hall–Kier alpha value is -2.52. The standard InChI is InChI=1S/C27H27FOS/c1-3-5-6-7-8-20-13-16-23-22-15-14-21(19-11-9-18(4-2)10-12-19)17-24(22)27(30)29-26(23)25(20)28/h9-17H,3-8H2,1-2H3. The zero-order chi connectivity index (χ0) is 21.1. The highest BCUT2D eigenvalue weighted by molar-refractivity contribution is 7.71. The van der Waals surface area contributed by atoms with Crippen LogP contribution in [-0.4, -0.2) is 0 Å². The van der Waals surface area contributed by atoms with Crippen LogP contribution >= 0.6 is 12.2 Å². The van der Waals surface area contributed by atoms with Crippen molar-refractivity contribution in [3.63, 3.8) is 0 Å². The summed E-state index contributed by atoms with van der Waals surface area (Å²) in [4.78, 5) is 0. The van der Waals surface area contributed by atoms with E-state index in [-0.39, 0.29) is 11.4 Å². The van der Waals surface area contributed by atoms with Gasteiger partial charge in [-0.15, -0.1) is 0 Å². The van der Waals surface area contributed by atoms with Gasteiger partial charge in [-0.3, -0.25) is 0 Å². The first-order chi connectivity index (χ1) is 14.6. The van der Waals surface area contributed by atoms with Gasteiger partial charge in [-0.2, -0.15) is 0 Å². The van der Waals surface area contributed by atoms with Gasteiger partial charge in [-0.25, -0.2) is 4.39 Å². The molecule has 0 fully saturated rings. The number of benzene rings is 3. The van der Waals surface area contributed by atoms with Gasteiger partial charge in [0.2, 0.25) is 0 Å². The van der Waals surface area contributed by atoms with Crippen LogP contribution in [-0.2, 0) is 12.8 Å². The van der Waals surface area contributed by atoms with Gasteiger partial charge in [0, 0.05) is 10.8 Å². The summed E-state index contributed by atoms with van der Waals surface area (Å²) in [5.74, 6) is -0.267. The Morgan fingerprint density at radius 2 is 1.53 bits per heavy atom. The van der Waals surface area contributed by atoms with Gasteiger partial charge in [0.25, 0.3) is 0 Å². The first-order valence-corrected chi connectivity index (χ1v) is 11.3. The second-order valence-electron chi connectivity index (χ2n) is 7.93. The highest BCUT2D eigenvalue weighted by Gasteiger charge is 2.14. The fourth-order valence-electron chi connectivity index (χ4n) is 4.05. The molecule has 3 aromatic carbocycles. The lowest BCUT2D eigenvalue weighted by Crippen LogP contribution is -1.94. The van der Waals surface area contributed by atoms with Gasteiger partial charge in [-0.1, -0.05) is 81.6 Å². The molecular formula is C27H27FOS. The van der Waals surface area contributed by atoms with Crippen LogP contribution in [0.1, 0.15) is 50.7 Å². The largest absolute Gasteiger partial charge is 0.441 e. The average molecular weight is 419 g/mol. The molecule has 0 aliphatic carbocycles. The van der Waals surface area contributed by atoms with E-state index in [9.17, 15) is 0 Å². The average Bonchev–Trinajstić information content (AvgIpc) is 2.78. The van der Waals surface area contributed by atoms with E-state index in [1.165, 1.54) is 18.4 Å². The molecule has 0 saturated heterocycles. The molecule has 4 rings (SSSR count). The highest BCUT2D eigenvalue weighted by atomic mass is 32.1. The maximum Gasteiger partial charge on any atom is 0.198 e. The summed E-state index contributed by atoms with van der Waals surface area (Å²) in [6.45, 7) is 4.33. The van der Waals surface area contributed by atoms with Crippen LogP contribution in [0.25, 0.3) is 32.9 Å². The van der Waals surface area contributed by atoms with Crippen molar-refractivity contribution in [3.8, 4) is 11.1 Å². The minimum Gasteiger partial charge on any atom is -0.441 e. The van der Waals surface area contributed by atoms with Crippen molar-refractivity contribution in [1.29, 1.82) is 0 Å². The fourth-order valence-corrected chi connectivity index (χ4v) is 4.30. The lowest BCUT2D eigenvalue weighted by Gasteiger charge is -2.10. The number of hydrogen-bond donors (Lipinski definition) is 0. The van der Waals surface area contributed by atoms with E-state index >= 15 is 4.39 Å². The molecule has 154 valence electrons. The molecule has 0 amide bonds. The van der Waals surface area contributed by atoms with Gasteiger partial charge < -0.3 is 4.42 Å². The summed E-state index contributed by atoms with van der Waals surface area (Å²) in [6, 6.07) is 18.6. The Morgan fingerprint density at radius 3 is 2.27 bits per heavy atom. The van der Waals surface area contributed by atoms with E-state index in [2.05, 4.69) is 50.2 Å². The van der Waals surface area contributed by atoms with Gasteiger partial charge >= 0.3 is 0 Å². The van der Waals surface area contributed by atoms with Crippen molar-refractivity contribution in [2.24, 2.45) is 0 Å². The number of fused-ring (bicyclic) bond motifs is 3. The van der Waals surface area contributed by atoms with Crippen LogP contribution in [0.2, 0.25) is 0 Å². The van der Waals surface area contributed by atoms with Crippen molar-refractivity contribution in [2.75, 3.05) is 0 Å². The van der Waals surface area contributed by atoms with Gasteiger partial charge in [0.1, 0.15) is 0 Å². The lowest BCUT2D eigenvalue weighted by molar-refractivity contribution is 0.535. The van der Waals surface area contributed by atoms with Gasteiger partial charge in [-0.05, 0) is 65.2 Å². The highest BCUT2D eigenvalue weighted by Crippen LogP contribution is 2.33.